The third-order valence-corrected chi connectivity index (χ3v) is 1.58. The molecule has 0 spiro atoms. The Balaban J connectivity index is 3.17. The van der Waals surface area contributed by atoms with Crippen molar-refractivity contribution in [3.63, 3.8) is 0 Å². The quantitative estimate of drug-likeness (QED) is 0.568. The molecular weight excluding hydrogens is 173 g/mol. The lowest BCUT2D eigenvalue weighted by Crippen LogP contribution is -2.02. The maximum Gasteiger partial charge on any atom is 0.211 e. The average Bonchev–Trinajstić information content (AvgIpc) is 2.08. The van der Waals surface area contributed by atoms with E-state index in [-0.39, 0.29) is 11.3 Å². The smallest absolute Gasteiger partial charge is 0.211 e. The van der Waals surface area contributed by atoms with E-state index in [0.717, 1.165) is 6.07 Å². The SMILES string of the molecule is CC(=O)c1cc(F)ccc1NC=O. The van der Waals surface area contributed by atoms with Crippen LogP contribution < -0.4 is 5.32 Å². The molecule has 0 saturated carbocycles. The first kappa shape index (κ1) is 9.38. The lowest BCUT2D eigenvalue weighted by atomic mass is 10.1. The minimum atomic E-state index is -0.498. The fourth-order valence-electron chi connectivity index (χ4n) is 0.997. The first-order valence-corrected chi connectivity index (χ1v) is 3.66. The molecule has 3 nitrogen and oxygen atoms in total. The van der Waals surface area contributed by atoms with Gasteiger partial charge in [0.1, 0.15) is 5.82 Å². The van der Waals surface area contributed by atoms with Gasteiger partial charge >= 0.3 is 0 Å². The topological polar surface area (TPSA) is 46.2 Å². The van der Waals surface area contributed by atoms with Crippen LogP contribution in [0, 0.1) is 5.82 Å². The van der Waals surface area contributed by atoms with Gasteiger partial charge in [-0.3, -0.25) is 9.59 Å². The van der Waals surface area contributed by atoms with Crippen molar-refractivity contribution in [2.24, 2.45) is 0 Å². The summed E-state index contributed by atoms with van der Waals surface area (Å²) < 4.78 is 12.7. The van der Waals surface area contributed by atoms with Crippen LogP contribution in [0.25, 0.3) is 0 Å². The van der Waals surface area contributed by atoms with Gasteiger partial charge in [-0.25, -0.2) is 4.39 Å². The summed E-state index contributed by atoms with van der Waals surface area (Å²) in [5.74, 6) is -0.787. The Morgan fingerprint density at radius 2 is 2.23 bits per heavy atom. The number of rotatable bonds is 3. The lowest BCUT2D eigenvalue weighted by molar-refractivity contribution is -0.105. The summed E-state index contributed by atoms with van der Waals surface area (Å²) >= 11 is 0. The molecule has 0 radical (unpaired) electrons. The van der Waals surface area contributed by atoms with Crippen molar-refractivity contribution in [3.8, 4) is 0 Å². The maximum absolute atomic E-state index is 12.7. The molecule has 0 aliphatic heterocycles. The molecule has 0 fully saturated rings. The first-order valence-electron chi connectivity index (χ1n) is 3.66. The molecule has 0 saturated heterocycles. The average molecular weight is 181 g/mol. The van der Waals surface area contributed by atoms with E-state index in [1.165, 1.54) is 19.1 Å². The molecule has 1 amide bonds. The van der Waals surface area contributed by atoms with Crippen LogP contribution in [0.2, 0.25) is 0 Å². The van der Waals surface area contributed by atoms with E-state index in [9.17, 15) is 14.0 Å². The van der Waals surface area contributed by atoms with E-state index in [0.29, 0.717) is 12.1 Å². The zero-order chi connectivity index (χ0) is 9.84. The standard InChI is InChI=1S/C9H8FNO2/c1-6(13)8-4-7(10)2-3-9(8)11-5-12/h2-5H,1H3,(H,11,12). The van der Waals surface area contributed by atoms with Gasteiger partial charge in [-0.1, -0.05) is 0 Å². The summed E-state index contributed by atoms with van der Waals surface area (Å²) in [5, 5.41) is 2.32. The van der Waals surface area contributed by atoms with Crippen molar-refractivity contribution >= 4 is 17.9 Å². The van der Waals surface area contributed by atoms with E-state index in [4.69, 9.17) is 0 Å². The van der Waals surface area contributed by atoms with Crippen LogP contribution in [0.4, 0.5) is 10.1 Å². The van der Waals surface area contributed by atoms with Gasteiger partial charge in [0.2, 0.25) is 6.41 Å². The van der Waals surface area contributed by atoms with E-state index in [2.05, 4.69) is 5.32 Å². The summed E-state index contributed by atoms with van der Waals surface area (Å²) in [6.45, 7) is 1.31. The van der Waals surface area contributed by atoms with Crippen molar-refractivity contribution in [2.75, 3.05) is 5.32 Å². The maximum atomic E-state index is 12.7. The highest BCUT2D eigenvalue weighted by Crippen LogP contribution is 2.16. The summed E-state index contributed by atoms with van der Waals surface area (Å²) in [4.78, 5) is 21.1. The van der Waals surface area contributed by atoms with Crippen LogP contribution in [0.1, 0.15) is 17.3 Å². The number of amides is 1. The Hall–Kier alpha value is -1.71. The number of halogens is 1. The van der Waals surface area contributed by atoms with Crippen molar-refractivity contribution in [1.82, 2.24) is 0 Å². The molecule has 4 heteroatoms. The number of carbonyl (C=O) groups excluding carboxylic acids is 2. The van der Waals surface area contributed by atoms with E-state index < -0.39 is 5.82 Å². The van der Waals surface area contributed by atoms with Crippen LogP contribution >= 0.6 is 0 Å². The second kappa shape index (κ2) is 3.80. The molecule has 0 atom stereocenters. The van der Waals surface area contributed by atoms with Gasteiger partial charge in [0, 0.05) is 5.56 Å². The van der Waals surface area contributed by atoms with Crippen LogP contribution in [-0.2, 0) is 4.79 Å². The van der Waals surface area contributed by atoms with Gasteiger partial charge in [-0.15, -0.1) is 0 Å². The molecule has 0 bridgehead atoms. The number of anilines is 1. The summed E-state index contributed by atoms with van der Waals surface area (Å²) in [6.07, 6.45) is 0.444. The Morgan fingerprint density at radius 3 is 2.77 bits per heavy atom. The largest absolute Gasteiger partial charge is 0.328 e. The van der Waals surface area contributed by atoms with Crippen LogP contribution in [0.15, 0.2) is 18.2 Å². The van der Waals surface area contributed by atoms with E-state index in [1.54, 1.807) is 0 Å². The summed E-state index contributed by atoms with van der Waals surface area (Å²) in [5.41, 5.74) is 0.496. The Labute approximate surface area is 74.6 Å². The third-order valence-electron chi connectivity index (χ3n) is 1.58. The van der Waals surface area contributed by atoms with Crippen molar-refractivity contribution < 1.29 is 14.0 Å². The van der Waals surface area contributed by atoms with Crippen LogP contribution in [-0.4, -0.2) is 12.2 Å². The third kappa shape index (κ3) is 2.11. The number of ketones is 1. The predicted octanol–water partition coefficient (Wildman–Crippen LogP) is 1.60. The molecule has 13 heavy (non-hydrogen) atoms. The molecule has 1 rings (SSSR count). The number of benzene rings is 1. The fourth-order valence-corrected chi connectivity index (χ4v) is 0.997. The zero-order valence-corrected chi connectivity index (χ0v) is 7.00. The fraction of sp³-hybridized carbons (Fsp3) is 0.111. The minimum Gasteiger partial charge on any atom is -0.328 e. The van der Waals surface area contributed by atoms with E-state index >= 15 is 0 Å². The molecular formula is C9H8FNO2. The summed E-state index contributed by atoms with van der Waals surface area (Å²) in [7, 11) is 0. The van der Waals surface area contributed by atoms with Crippen molar-refractivity contribution in [1.29, 1.82) is 0 Å². The molecule has 0 aliphatic rings. The molecule has 68 valence electrons. The van der Waals surface area contributed by atoms with Gasteiger partial charge in [0.05, 0.1) is 5.69 Å². The van der Waals surface area contributed by atoms with Crippen molar-refractivity contribution in [2.45, 2.75) is 6.92 Å². The Morgan fingerprint density at radius 1 is 1.54 bits per heavy atom. The van der Waals surface area contributed by atoms with Gasteiger partial charge in [-0.05, 0) is 25.1 Å². The zero-order valence-electron chi connectivity index (χ0n) is 7.00. The second-order valence-electron chi connectivity index (χ2n) is 2.51. The van der Waals surface area contributed by atoms with E-state index in [1.807, 2.05) is 0 Å². The second-order valence-corrected chi connectivity index (χ2v) is 2.51. The number of hydrogen-bond acceptors (Lipinski definition) is 2. The number of Topliss-reactive ketones (excluding diaryl/α,β-unsaturated/α-hetero) is 1. The Kier molecular flexibility index (Phi) is 2.74. The highest BCUT2D eigenvalue weighted by molar-refractivity contribution is 6.01. The number of hydrogen-bond donors (Lipinski definition) is 1. The predicted molar refractivity (Wildman–Crippen MR) is 46.1 cm³/mol. The van der Waals surface area contributed by atoms with Crippen LogP contribution in [0.3, 0.4) is 0 Å². The van der Waals surface area contributed by atoms with Gasteiger partial charge in [0.15, 0.2) is 5.78 Å². The monoisotopic (exact) mass is 181 g/mol. The highest BCUT2D eigenvalue weighted by Gasteiger charge is 2.07. The molecule has 1 aromatic rings. The summed E-state index contributed by atoms with van der Waals surface area (Å²) in [6, 6.07) is 3.62. The normalized spacial score (nSPS) is 9.38. The van der Waals surface area contributed by atoms with Crippen LogP contribution in [0.5, 0.6) is 0 Å². The van der Waals surface area contributed by atoms with Crippen molar-refractivity contribution in [3.05, 3.63) is 29.6 Å². The molecule has 0 aliphatic carbocycles. The molecule has 1 aromatic carbocycles. The molecule has 0 aromatic heterocycles. The van der Waals surface area contributed by atoms with Gasteiger partial charge in [-0.2, -0.15) is 0 Å². The van der Waals surface area contributed by atoms with Gasteiger partial charge in [0.25, 0.3) is 0 Å². The minimum absolute atomic E-state index is 0.173. The lowest BCUT2D eigenvalue weighted by Gasteiger charge is -2.04. The first-order chi connectivity index (χ1) is 6.15. The van der Waals surface area contributed by atoms with Gasteiger partial charge < -0.3 is 5.32 Å². The molecule has 1 N–H and O–H groups in total. The number of carbonyl (C=O) groups is 2. The number of nitrogens with one attached hydrogen (secondary N) is 1. The Bertz CT molecular complexity index is 349. The highest BCUT2D eigenvalue weighted by atomic mass is 19.1. The molecule has 0 heterocycles. The molecule has 0 unspecified atom stereocenters.